The highest BCUT2D eigenvalue weighted by atomic mass is 32.2. The summed E-state index contributed by atoms with van der Waals surface area (Å²) in [5.74, 6) is 0. The predicted octanol–water partition coefficient (Wildman–Crippen LogP) is 2.39. The van der Waals surface area contributed by atoms with E-state index in [4.69, 9.17) is 4.55 Å². The van der Waals surface area contributed by atoms with Gasteiger partial charge in [0.1, 0.15) is 0 Å². The molecule has 1 atom stereocenters. The maximum absolute atomic E-state index is 12.1. The Kier molecular flexibility index (Phi) is 4.87. The molecule has 0 aliphatic rings. The van der Waals surface area contributed by atoms with Gasteiger partial charge in [0.2, 0.25) is 0 Å². The SMILES string of the molecule is CCCCCC(C(F)(F)F)S(=O)(=O)O. The Hall–Kier alpha value is -0.300. The fraction of sp³-hybridized carbons (Fsp3) is 1.00. The Balaban J connectivity index is 4.45. The average Bonchev–Trinajstić information content (AvgIpc) is 1.92. The summed E-state index contributed by atoms with van der Waals surface area (Å²) < 4.78 is 65.5. The van der Waals surface area contributed by atoms with Gasteiger partial charge in [0.05, 0.1) is 0 Å². The van der Waals surface area contributed by atoms with Crippen LogP contribution in [0.5, 0.6) is 0 Å². The average molecular weight is 234 g/mol. The molecule has 0 aromatic heterocycles. The van der Waals surface area contributed by atoms with Crippen molar-refractivity contribution in [3.8, 4) is 0 Å². The van der Waals surface area contributed by atoms with Crippen molar-refractivity contribution in [2.45, 2.75) is 44.0 Å². The molecular formula is C7H13F3O3S. The van der Waals surface area contributed by atoms with Crippen LogP contribution in [-0.4, -0.2) is 24.4 Å². The number of rotatable bonds is 5. The van der Waals surface area contributed by atoms with Crippen molar-refractivity contribution in [1.82, 2.24) is 0 Å². The molecule has 14 heavy (non-hydrogen) atoms. The van der Waals surface area contributed by atoms with Gasteiger partial charge in [0.25, 0.3) is 10.1 Å². The predicted molar refractivity (Wildman–Crippen MR) is 45.5 cm³/mol. The third-order valence-electron chi connectivity index (χ3n) is 1.79. The largest absolute Gasteiger partial charge is 0.407 e. The van der Waals surface area contributed by atoms with Gasteiger partial charge in [-0.2, -0.15) is 21.6 Å². The van der Waals surface area contributed by atoms with Crippen LogP contribution in [0.15, 0.2) is 0 Å². The van der Waals surface area contributed by atoms with Crippen LogP contribution >= 0.6 is 0 Å². The zero-order valence-electron chi connectivity index (χ0n) is 7.71. The lowest BCUT2D eigenvalue weighted by molar-refractivity contribution is -0.132. The lowest BCUT2D eigenvalue weighted by atomic mass is 10.1. The summed E-state index contributed by atoms with van der Waals surface area (Å²) in [6, 6.07) is 0. The normalized spacial score (nSPS) is 15.5. The lowest BCUT2D eigenvalue weighted by Crippen LogP contribution is -2.36. The van der Waals surface area contributed by atoms with Crippen molar-refractivity contribution in [3.63, 3.8) is 0 Å². The molecule has 0 saturated carbocycles. The van der Waals surface area contributed by atoms with Gasteiger partial charge in [0, 0.05) is 0 Å². The Morgan fingerprint density at radius 3 is 2.07 bits per heavy atom. The molecule has 0 amide bonds. The third-order valence-corrected chi connectivity index (χ3v) is 3.02. The van der Waals surface area contributed by atoms with E-state index in [1.807, 2.05) is 0 Å². The summed E-state index contributed by atoms with van der Waals surface area (Å²) in [5.41, 5.74) is 0. The number of halogens is 3. The Bertz CT molecular complexity index is 258. The summed E-state index contributed by atoms with van der Waals surface area (Å²) in [4.78, 5) is 0. The minimum Gasteiger partial charge on any atom is -0.285 e. The molecule has 86 valence electrons. The number of hydrogen-bond acceptors (Lipinski definition) is 2. The van der Waals surface area contributed by atoms with Gasteiger partial charge in [-0.15, -0.1) is 0 Å². The van der Waals surface area contributed by atoms with Gasteiger partial charge in [-0.25, -0.2) is 0 Å². The van der Waals surface area contributed by atoms with E-state index in [0.29, 0.717) is 12.8 Å². The molecule has 0 spiro atoms. The summed E-state index contributed by atoms with van der Waals surface area (Å²) >= 11 is 0. The first kappa shape index (κ1) is 13.7. The molecule has 0 bridgehead atoms. The molecule has 0 aromatic rings. The molecule has 0 aliphatic heterocycles. The molecule has 3 nitrogen and oxygen atoms in total. The van der Waals surface area contributed by atoms with E-state index in [1.54, 1.807) is 6.92 Å². The molecule has 0 saturated heterocycles. The van der Waals surface area contributed by atoms with E-state index in [9.17, 15) is 21.6 Å². The second-order valence-corrected chi connectivity index (χ2v) is 4.64. The standard InChI is InChI=1S/C7H13F3O3S/c1-2-3-4-5-6(7(8,9)10)14(11,12)13/h6H,2-5H2,1H3,(H,11,12,13). The summed E-state index contributed by atoms with van der Waals surface area (Å²) in [6.45, 7) is 1.79. The van der Waals surface area contributed by atoms with Crippen LogP contribution in [-0.2, 0) is 10.1 Å². The monoisotopic (exact) mass is 234 g/mol. The van der Waals surface area contributed by atoms with Crippen LogP contribution in [0.3, 0.4) is 0 Å². The van der Waals surface area contributed by atoms with E-state index in [1.165, 1.54) is 0 Å². The van der Waals surface area contributed by atoms with Crippen LogP contribution in [0.4, 0.5) is 13.2 Å². The van der Waals surface area contributed by atoms with Gasteiger partial charge in [-0.1, -0.05) is 26.2 Å². The van der Waals surface area contributed by atoms with E-state index >= 15 is 0 Å². The number of unbranched alkanes of at least 4 members (excludes halogenated alkanes) is 2. The zero-order valence-corrected chi connectivity index (χ0v) is 8.53. The highest BCUT2D eigenvalue weighted by molar-refractivity contribution is 7.86. The molecule has 1 unspecified atom stereocenters. The molecule has 0 fully saturated rings. The van der Waals surface area contributed by atoms with E-state index in [2.05, 4.69) is 0 Å². The van der Waals surface area contributed by atoms with E-state index in [-0.39, 0.29) is 6.42 Å². The maximum atomic E-state index is 12.1. The quantitative estimate of drug-likeness (QED) is 0.587. The fourth-order valence-electron chi connectivity index (χ4n) is 1.06. The second-order valence-electron chi connectivity index (χ2n) is 3.04. The van der Waals surface area contributed by atoms with Crippen molar-refractivity contribution in [2.75, 3.05) is 0 Å². The molecule has 1 N–H and O–H groups in total. The van der Waals surface area contributed by atoms with Crippen molar-refractivity contribution in [1.29, 1.82) is 0 Å². The Morgan fingerprint density at radius 2 is 1.79 bits per heavy atom. The smallest absolute Gasteiger partial charge is 0.285 e. The second kappa shape index (κ2) is 4.97. The van der Waals surface area contributed by atoms with Crippen LogP contribution in [0, 0.1) is 0 Å². The fourth-order valence-corrected chi connectivity index (χ4v) is 1.86. The molecule has 0 aliphatic carbocycles. The molecule has 0 aromatic carbocycles. The summed E-state index contributed by atoms with van der Waals surface area (Å²) in [7, 11) is -5.03. The van der Waals surface area contributed by atoms with Crippen molar-refractivity contribution < 1.29 is 26.1 Å². The van der Waals surface area contributed by atoms with Crippen LogP contribution in [0.2, 0.25) is 0 Å². The first-order valence-electron chi connectivity index (χ1n) is 4.22. The molecular weight excluding hydrogens is 221 g/mol. The van der Waals surface area contributed by atoms with Gasteiger partial charge in [0.15, 0.2) is 5.25 Å². The lowest BCUT2D eigenvalue weighted by Gasteiger charge is -2.16. The van der Waals surface area contributed by atoms with Gasteiger partial charge in [-0.05, 0) is 6.42 Å². The Labute approximate surface area is 81.1 Å². The molecule has 0 rings (SSSR count). The first-order chi connectivity index (χ1) is 6.19. The van der Waals surface area contributed by atoms with Crippen LogP contribution < -0.4 is 0 Å². The van der Waals surface area contributed by atoms with E-state index in [0.717, 1.165) is 0 Å². The zero-order chi connectivity index (χ0) is 11.4. The number of hydrogen-bond donors (Lipinski definition) is 1. The van der Waals surface area contributed by atoms with Gasteiger partial charge in [-0.3, -0.25) is 4.55 Å². The number of alkyl halides is 3. The highest BCUT2D eigenvalue weighted by Gasteiger charge is 2.47. The van der Waals surface area contributed by atoms with Crippen LogP contribution in [0.25, 0.3) is 0 Å². The van der Waals surface area contributed by atoms with Gasteiger partial charge >= 0.3 is 6.18 Å². The van der Waals surface area contributed by atoms with E-state index < -0.39 is 28.0 Å². The maximum Gasteiger partial charge on any atom is 0.407 e. The topological polar surface area (TPSA) is 54.4 Å². The van der Waals surface area contributed by atoms with Crippen molar-refractivity contribution in [3.05, 3.63) is 0 Å². The third kappa shape index (κ3) is 4.80. The summed E-state index contributed by atoms with van der Waals surface area (Å²) in [5, 5.41) is -2.64. The minimum atomic E-state index is -5.03. The molecule has 7 heteroatoms. The molecule has 0 radical (unpaired) electrons. The minimum absolute atomic E-state index is 0.139. The highest BCUT2D eigenvalue weighted by Crippen LogP contribution is 2.29. The van der Waals surface area contributed by atoms with Gasteiger partial charge < -0.3 is 0 Å². The molecule has 0 heterocycles. The van der Waals surface area contributed by atoms with Crippen LogP contribution in [0.1, 0.15) is 32.6 Å². The first-order valence-corrected chi connectivity index (χ1v) is 5.73. The summed E-state index contributed by atoms with van der Waals surface area (Å²) in [6.07, 6.45) is -4.11. The Morgan fingerprint density at radius 1 is 1.29 bits per heavy atom. The van der Waals surface area contributed by atoms with Crippen molar-refractivity contribution in [2.24, 2.45) is 0 Å². The van der Waals surface area contributed by atoms with Crippen molar-refractivity contribution >= 4 is 10.1 Å².